The second kappa shape index (κ2) is 6.25. The van der Waals surface area contributed by atoms with Gasteiger partial charge in [0.25, 0.3) is 0 Å². The van der Waals surface area contributed by atoms with Crippen molar-refractivity contribution >= 4 is 17.3 Å². The molecule has 94 valence electrons. The van der Waals surface area contributed by atoms with Gasteiger partial charge in [-0.3, -0.25) is 4.98 Å². The van der Waals surface area contributed by atoms with Crippen molar-refractivity contribution in [1.82, 2.24) is 4.98 Å². The summed E-state index contributed by atoms with van der Waals surface area (Å²) in [5, 5.41) is 0. The van der Waals surface area contributed by atoms with Crippen LogP contribution in [0.2, 0.25) is 0 Å². The zero-order valence-electron chi connectivity index (χ0n) is 10.5. The molecule has 1 aromatic heterocycles. The van der Waals surface area contributed by atoms with Crippen LogP contribution >= 0.6 is 11.6 Å². The average molecular weight is 253 g/mol. The van der Waals surface area contributed by atoms with Gasteiger partial charge in [-0.25, -0.2) is 0 Å². The lowest BCUT2D eigenvalue weighted by Crippen LogP contribution is -2.37. The van der Waals surface area contributed by atoms with Crippen molar-refractivity contribution in [3.8, 4) is 0 Å². The number of aromatic nitrogens is 1. The summed E-state index contributed by atoms with van der Waals surface area (Å²) in [6, 6.07) is 2.80. The van der Waals surface area contributed by atoms with Gasteiger partial charge < -0.3 is 4.90 Å². The Kier molecular flexibility index (Phi) is 4.66. The number of anilines is 1. The van der Waals surface area contributed by atoms with Crippen molar-refractivity contribution < 1.29 is 0 Å². The maximum atomic E-state index is 6.01. The largest absolute Gasteiger partial charge is 0.368 e. The van der Waals surface area contributed by atoms with Gasteiger partial charge in [0, 0.05) is 36.2 Å². The highest BCUT2D eigenvalue weighted by Gasteiger charge is 2.21. The molecule has 0 amide bonds. The van der Waals surface area contributed by atoms with E-state index in [-0.39, 0.29) is 0 Å². The Hall–Kier alpha value is -0.760. The molecule has 1 aliphatic carbocycles. The molecule has 1 aromatic rings. The minimum Gasteiger partial charge on any atom is -0.368 e. The summed E-state index contributed by atoms with van der Waals surface area (Å²) in [4.78, 5) is 6.68. The maximum Gasteiger partial charge on any atom is 0.0509 e. The molecule has 2 nitrogen and oxygen atoms in total. The Balaban J connectivity index is 2.21. The third kappa shape index (κ3) is 2.92. The summed E-state index contributed by atoms with van der Waals surface area (Å²) >= 11 is 6.01. The van der Waals surface area contributed by atoms with Gasteiger partial charge >= 0.3 is 0 Å². The summed E-state index contributed by atoms with van der Waals surface area (Å²) in [5.74, 6) is 0.548. The van der Waals surface area contributed by atoms with Crippen LogP contribution in [-0.4, -0.2) is 17.6 Å². The van der Waals surface area contributed by atoms with Gasteiger partial charge in [0.15, 0.2) is 0 Å². The molecule has 17 heavy (non-hydrogen) atoms. The van der Waals surface area contributed by atoms with Gasteiger partial charge in [-0.2, -0.15) is 0 Å². The highest BCUT2D eigenvalue weighted by molar-refractivity contribution is 6.17. The van der Waals surface area contributed by atoms with E-state index in [2.05, 4.69) is 22.9 Å². The van der Waals surface area contributed by atoms with Crippen molar-refractivity contribution in [1.29, 1.82) is 0 Å². The Morgan fingerprint density at radius 3 is 2.76 bits per heavy atom. The molecule has 0 N–H and O–H groups in total. The van der Waals surface area contributed by atoms with E-state index in [4.69, 9.17) is 11.6 Å². The number of rotatable bonds is 4. The van der Waals surface area contributed by atoms with Gasteiger partial charge in [-0.15, -0.1) is 11.6 Å². The Morgan fingerprint density at radius 2 is 2.12 bits per heavy atom. The van der Waals surface area contributed by atoms with Crippen molar-refractivity contribution in [3.63, 3.8) is 0 Å². The first-order chi connectivity index (χ1) is 8.36. The molecule has 1 aliphatic rings. The lowest BCUT2D eigenvalue weighted by molar-refractivity contribution is 0.418. The van der Waals surface area contributed by atoms with E-state index in [0.29, 0.717) is 11.9 Å². The Morgan fingerprint density at radius 1 is 1.35 bits per heavy atom. The highest BCUT2D eigenvalue weighted by atomic mass is 35.5. The van der Waals surface area contributed by atoms with Gasteiger partial charge in [-0.1, -0.05) is 19.3 Å². The summed E-state index contributed by atoms with van der Waals surface area (Å²) in [6.07, 6.45) is 10.5. The van der Waals surface area contributed by atoms with E-state index in [1.807, 2.05) is 12.4 Å². The second-order valence-electron chi connectivity index (χ2n) is 4.72. The van der Waals surface area contributed by atoms with E-state index in [9.17, 15) is 0 Å². The lowest BCUT2D eigenvalue weighted by Gasteiger charge is -2.36. The fourth-order valence-corrected chi connectivity index (χ4v) is 3.03. The first-order valence-electron chi connectivity index (χ1n) is 6.62. The Bertz CT molecular complexity index is 348. The molecular formula is C14H21ClN2. The second-order valence-corrected chi connectivity index (χ2v) is 4.98. The number of alkyl halides is 1. The fourth-order valence-electron chi connectivity index (χ4n) is 2.82. The first kappa shape index (κ1) is 12.7. The number of nitrogens with zero attached hydrogens (tertiary/aromatic N) is 2. The van der Waals surface area contributed by atoms with Crippen LogP contribution in [0.1, 0.15) is 44.6 Å². The van der Waals surface area contributed by atoms with Crippen molar-refractivity contribution in [3.05, 3.63) is 24.0 Å². The van der Waals surface area contributed by atoms with E-state index in [1.165, 1.54) is 37.8 Å². The SMILES string of the molecule is CCN(c1ccncc1CCl)C1CCCCC1. The molecule has 0 aromatic carbocycles. The number of pyridine rings is 1. The zero-order valence-corrected chi connectivity index (χ0v) is 11.3. The van der Waals surface area contributed by atoms with Gasteiger partial charge in [0.1, 0.15) is 0 Å². The molecule has 2 rings (SSSR count). The molecule has 0 spiro atoms. The third-order valence-corrected chi connectivity index (χ3v) is 3.98. The molecule has 0 radical (unpaired) electrons. The molecule has 0 bridgehead atoms. The normalized spacial score (nSPS) is 17.1. The van der Waals surface area contributed by atoms with Crippen LogP contribution in [0.5, 0.6) is 0 Å². The molecule has 1 heterocycles. The molecule has 1 fully saturated rings. The summed E-state index contributed by atoms with van der Waals surface area (Å²) in [5.41, 5.74) is 2.44. The Labute approximate surface area is 109 Å². The van der Waals surface area contributed by atoms with Gasteiger partial charge in [0.05, 0.1) is 5.88 Å². The zero-order chi connectivity index (χ0) is 12.1. The maximum absolute atomic E-state index is 6.01. The molecule has 0 saturated heterocycles. The lowest BCUT2D eigenvalue weighted by atomic mass is 9.93. The van der Waals surface area contributed by atoms with Crippen LogP contribution in [0.4, 0.5) is 5.69 Å². The molecule has 0 unspecified atom stereocenters. The van der Waals surface area contributed by atoms with E-state index < -0.39 is 0 Å². The predicted molar refractivity (Wildman–Crippen MR) is 73.7 cm³/mol. The van der Waals surface area contributed by atoms with Crippen LogP contribution in [0.25, 0.3) is 0 Å². The minimum absolute atomic E-state index is 0.548. The molecular weight excluding hydrogens is 232 g/mol. The minimum atomic E-state index is 0.548. The van der Waals surface area contributed by atoms with Crippen molar-refractivity contribution in [2.24, 2.45) is 0 Å². The number of hydrogen-bond acceptors (Lipinski definition) is 2. The topological polar surface area (TPSA) is 16.1 Å². The van der Waals surface area contributed by atoms with E-state index in [1.54, 1.807) is 0 Å². The summed E-state index contributed by atoms with van der Waals surface area (Å²) < 4.78 is 0. The van der Waals surface area contributed by atoms with Crippen LogP contribution < -0.4 is 4.90 Å². The quantitative estimate of drug-likeness (QED) is 0.754. The average Bonchev–Trinajstić information content (AvgIpc) is 2.41. The molecule has 0 aliphatic heterocycles. The molecule has 1 saturated carbocycles. The predicted octanol–water partition coefficient (Wildman–Crippen LogP) is 3.98. The summed E-state index contributed by atoms with van der Waals surface area (Å²) in [6.45, 7) is 3.28. The fraction of sp³-hybridized carbons (Fsp3) is 0.643. The smallest absolute Gasteiger partial charge is 0.0509 e. The van der Waals surface area contributed by atoms with Crippen molar-refractivity contribution in [2.45, 2.75) is 50.9 Å². The first-order valence-corrected chi connectivity index (χ1v) is 7.15. The van der Waals surface area contributed by atoms with Gasteiger partial charge in [0.2, 0.25) is 0 Å². The van der Waals surface area contributed by atoms with E-state index >= 15 is 0 Å². The number of hydrogen-bond donors (Lipinski definition) is 0. The van der Waals surface area contributed by atoms with E-state index in [0.717, 1.165) is 12.1 Å². The standard InChI is InChI=1S/C14H21ClN2/c1-2-17(13-6-4-3-5-7-13)14-8-9-16-11-12(14)10-15/h8-9,11,13H,2-7,10H2,1H3. The molecule has 0 atom stereocenters. The summed E-state index contributed by atoms with van der Waals surface area (Å²) in [7, 11) is 0. The van der Waals surface area contributed by atoms with Crippen LogP contribution in [0.3, 0.4) is 0 Å². The third-order valence-electron chi connectivity index (χ3n) is 3.69. The van der Waals surface area contributed by atoms with Crippen LogP contribution in [0, 0.1) is 0 Å². The number of halogens is 1. The van der Waals surface area contributed by atoms with Crippen LogP contribution in [0.15, 0.2) is 18.5 Å². The van der Waals surface area contributed by atoms with Gasteiger partial charge in [-0.05, 0) is 25.8 Å². The molecule has 3 heteroatoms. The monoisotopic (exact) mass is 252 g/mol. The van der Waals surface area contributed by atoms with Crippen molar-refractivity contribution in [2.75, 3.05) is 11.4 Å². The van der Waals surface area contributed by atoms with Crippen LogP contribution in [-0.2, 0) is 5.88 Å². The highest BCUT2D eigenvalue weighted by Crippen LogP contribution is 2.29.